The van der Waals surface area contributed by atoms with Crippen molar-refractivity contribution in [2.75, 3.05) is 24.5 Å². The van der Waals surface area contributed by atoms with Crippen LogP contribution >= 0.6 is 0 Å². The summed E-state index contributed by atoms with van der Waals surface area (Å²) >= 11 is 0. The minimum absolute atomic E-state index is 0.211. The summed E-state index contributed by atoms with van der Waals surface area (Å²) in [6.45, 7) is 4.81. The summed E-state index contributed by atoms with van der Waals surface area (Å²) < 4.78 is 1.80. The molecule has 7 heteroatoms. The van der Waals surface area contributed by atoms with E-state index in [1.165, 1.54) is 12.8 Å². The van der Waals surface area contributed by atoms with Gasteiger partial charge in [0.1, 0.15) is 0 Å². The molecule has 3 aliphatic rings. The number of nitrogens with one attached hydrogen (secondary N) is 2. The van der Waals surface area contributed by atoms with Crippen LogP contribution in [-0.4, -0.2) is 35.2 Å². The molecule has 1 aromatic heterocycles. The summed E-state index contributed by atoms with van der Waals surface area (Å²) in [6, 6.07) is 6.83. The zero-order valence-corrected chi connectivity index (χ0v) is 16.8. The van der Waals surface area contributed by atoms with Crippen LogP contribution in [0.4, 0.5) is 5.69 Å². The monoisotopic (exact) mass is 393 g/mol. The Labute approximate surface area is 169 Å². The lowest BCUT2D eigenvalue weighted by atomic mass is 9.98. The van der Waals surface area contributed by atoms with Crippen molar-refractivity contribution in [3.63, 3.8) is 0 Å². The highest BCUT2D eigenvalue weighted by Crippen LogP contribution is 2.42. The van der Waals surface area contributed by atoms with Crippen molar-refractivity contribution in [2.24, 2.45) is 11.8 Å². The molecule has 3 fully saturated rings. The van der Waals surface area contributed by atoms with Gasteiger partial charge in [-0.1, -0.05) is 0 Å². The van der Waals surface area contributed by atoms with Gasteiger partial charge in [0.25, 0.3) is 5.56 Å². The number of H-pyrrole nitrogens is 1. The number of hydrogen-bond acceptors (Lipinski definition) is 5. The average Bonchev–Trinajstić information content (AvgIpc) is 3.33. The van der Waals surface area contributed by atoms with Crippen molar-refractivity contribution < 1.29 is 0 Å². The molecule has 7 nitrogen and oxygen atoms in total. The summed E-state index contributed by atoms with van der Waals surface area (Å²) in [5.74, 6) is 1.25. The van der Waals surface area contributed by atoms with Crippen molar-refractivity contribution in [3.05, 3.63) is 38.5 Å². The molecule has 2 aliphatic carbocycles. The first kappa shape index (κ1) is 18.4. The molecule has 0 bridgehead atoms. The molecular weight excluding hydrogens is 366 g/mol. The van der Waals surface area contributed by atoms with Crippen molar-refractivity contribution in [1.82, 2.24) is 14.9 Å². The van der Waals surface area contributed by atoms with Gasteiger partial charge in [-0.15, -0.1) is 0 Å². The lowest BCUT2D eigenvalue weighted by Crippen LogP contribution is -2.36. The van der Waals surface area contributed by atoms with Gasteiger partial charge in [0.15, 0.2) is 0 Å². The second-order valence-corrected chi connectivity index (χ2v) is 8.84. The van der Waals surface area contributed by atoms with E-state index in [0.29, 0.717) is 29.7 Å². The van der Waals surface area contributed by atoms with Crippen molar-refractivity contribution >= 4 is 16.6 Å². The van der Waals surface area contributed by atoms with Crippen molar-refractivity contribution in [1.29, 1.82) is 5.26 Å². The molecule has 2 saturated carbocycles. The Morgan fingerprint density at radius 2 is 2.03 bits per heavy atom. The molecule has 2 heterocycles. The summed E-state index contributed by atoms with van der Waals surface area (Å²) in [7, 11) is 0. The Bertz CT molecular complexity index is 1110. The molecular formula is C22H27N5O2. The number of nitriles is 1. The summed E-state index contributed by atoms with van der Waals surface area (Å²) in [6.07, 6.45) is 4.93. The van der Waals surface area contributed by atoms with E-state index in [0.717, 1.165) is 49.2 Å². The first-order chi connectivity index (χ1) is 14.1. The van der Waals surface area contributed by atoms with Gasteiger partial charge in [-0.25, -0.2) is 4.79 Å². The topological polar surface area (TPSA) is 93.9 Å². The Morgan fingerprint density at radius 3 is 2.79 bits per heavy atom. The van der Waals surface area contributed by atoms with Crippen LogP contribution in [0.5, 0.6) is 0 Å². The van der Waals surface area contributed by atoms with E-state index < -0.39 is 0 Å². The first-order valence-corrected chi connectivity index (χ1v) is 10.7. The molecule has 152 valence electrons. The van der Waals surface area contributed by atoms with Crippen LogP contribution in [0.15, 0.2) is 21.7 Å². The molecule has 2 N–H and O–H groups in total. The van der Waals surface area contributed by atoms with Crippen LogP contribution in [0.25, 0.3) is 10.9 Å². The van der Waals surface area contributed by atoms with Crippen LogP contribution in [0, 0.1) is 30.1 Å². The van der Waals surface area contributed by atoms with Crippen LogP contribution in [0.3, 0.4) is 0 Å². The highest BCUT2D eigenvalue weighted by atomic mass is 16.2. The Balaban J connectivity index is 1.48. The number of hydrogen-bond donors (Lipinski definition) is 2. The number of rotatable bonds is 5. The van der Waals surface area contributed by atoms with Crippen LogP contribution in [-0.2, 0) is 0 Å². The molecule has 5 rings (SSSR count). The Morgan fingerprint density at radius 1 is 1.21 bits per heavy atom. The summed E-state index contributed by atoms with van der Waals surface area (Å²) in [5.41, 5.74) is 2.40. The lowest BCUT2D eigenvalue weighted by molar-refractivity contribution is 0.394. The number of benzene rings is 1. The normalized spacial score (nSPS) is 26.1. The SMILES string of the molecule is Cc1c(N2CC3CCC(NCCC#N)C3C2)ccc2c(=O)[nH]c(=O)n(C3CC3)c12. The predicted molar refractivity (Wildman–Crippen MR) is 112 cm³/mol. The molecule has 1 aromatic carbocycles. The molecule has 2 aromatic rings. The maximum atomic E-state index is 12.5. The molecule has 0 spiro atoms. The zero-order chi connectivity index (χ0) is 20.1. The van der Waals surface area contributed by atoms with Crippen molar-refractivity contribution in [3.8, 4) is 6.07 Å². The van der Waals surface area contributed by atoms with Gasteiger partial charge in [0, 0.05) is 43.8 Å². The molecule has 0 radical (unpaired) electrons. The fraction of sp³-hybridized carbons (Fsp3) is 0.591. The second kappa shape index (κ2) is 7.03. The van der Waals surface area contributed by atoms with Crippen molar-refractivity contribution in [2.45, 2.75) is 51.1 Å². The number of nitrogens with zero attached hydrogens (tertiary/aromatic N) is 3. The van der Waals surface area contributed by atoms with E-state index in [1.54, 1.807) is 4.57 Å². The maximum Gasteiger partial charge on any atom is 0.329 e. The number of anilines is 1. The van der Waals surface area contributed by atoms with Gasteiger partial charge in [-0.2, -0.15) is 5.26 Å². The Hall–Kier alpha value is -2.59. The van der Waals surface area contributed by atoms with Gasteiger partial charge >= 0.3 is 5.69 Å². The third-order valence-corrected chi connectivity index (χ3v) is 7.08. The number of aromatic amines is 1. The fourth-order valence-electron chi connectivity index (χ4n) is 5.56. The molecule has 29 heavy (non-hydrogen) atoms. The van der Waals surface area contributed by atoms with Crippen LogP contribution < -0.4 is 21.5 Å². The number of aromatic nitrogens is 2. The largest absolute Gasteiger partial charge is 0.371 e. The van der Waals surface area contributed by atoms with Crippen LogP contribution in [0.2, 0.25) is 0 Å². The molecule has 1 aliphatic heterocycles. The standard InChI is InChI=1S/C22H27N5O2/c1-13-19(26-11-14-3-7-18(17(14)12-26)24-10-2-9-23)8-6-16-20(13)27(15-4-5-15)22(29)25-21(16)28/h6,8,14-15,17-18,24H,2-5,7,10-12H2,1H3,(H,25,28,29). The van der Waals surface area contributed by atoms with Gasteiger partial charge in [0.2, 0.25) is 0 Å². The Kier molecular flexibility index (Phi) is 4.47. The highest BCUT2D eigenvalue weighted by molar-refractivity contribution is 5.87. The predicted octanol–water partition coefficient (Wildman–Crippen LogP) is 2.05. The van der Waals surface area contributed by atoms with Crippen LogP contribution in [0.1, 0.15) is 43.7 Å². The van der Waals surface area contributed by atoms with E-state index in [1.807, 2.05) is 19.1 Å². The van der Waals surface area contributed by atoms with Gasteiger partial charge < -0.3 is 10.2 Å². The number of fused-ring (bicyclic) bond motifs is 2. The molecule has 3 atom stereocenters. The first-order valence-electron chi connectivity index (χ1n) is 10.7. The van der Waals surface area contributed by atoms with Gasteiger partial charge in [-0.3, -0.25) is 14.3 Å². The van der Waals surface area contributed by atoms with E-state index in [9.17, 15) is 9.59 Å². The lowest BCUT2D eigenvalue weighted by Gasteiger charge is -2.25. The molecule has 0 amide bonds. The minimum atomic E-state index is -0.295. The summed E-state index contributed by atoms with van der Waals surface area (Å²) in [5, 5.41) is 13.0. The van der Waals surface area contributed by atoms with E-state index in [-0.39, 0.29) is 17.3 Å². The smallest absolute Gasteiger partial charge is 0.329 e. The summed E-state index contributed by atoms with van der Waals surface area (Å²) in [4.78, 5) is 29.8. The van der Waals surface area contributed by atoms with E-state index in [4.69, 9.17) is 5.26 Å². The molecule has 1 saturated heterocycles. The minimum Gasteiger partial charge on any atom is -0.371 e. The highest BCUT2D eigenvalue weighted by Gasteiger charge is 2.42. The number of aryl methyl sites for hydroxylation is 1. The third kappa shape index (κ3) is 3.06. The quantitative estimate of drug-likeness (QED) is 0.759. The second-order valence-electron chi connectivity index (χ2n) is 8.84. The van der Waals surface area contributed by atoms with E-state index >= 15 is 0 Å². The van der Waals surface area contributed by atoms with Gasteiger partial charge in [-0.05, 0) is 62.1 Å². The van der Waals surface area contributed by atoms with E-state index in [2.05, 4.69) is 21.3 Å². The zero-order valence-electron chi connectivity index (χ0n) is 16.8. The maximum absolute atomic E-state index is 12.5. The average molecular weight is 393 g/mol. The third-order valence-electron chi connectivity index (χ3n) is 7.08. The van der Waals surface area contributed by atoms with Gasteiger partial charge in [0.05, 0.1) is 17.0 Å². The molecule has 3 unspecified atom stereocenters. The fourth-order valence-corrected chi connectivity index (χ4v) is 5.56.